The van der Waals surface area contributed by atoms with Crippen LogP contribution < -0.4 is 0 Å². The minimum atomic E-state index is -0.402. The molecule has 0 aliphatic heterocycles. The zero-order valence-electron chi connectivity index (χ0n) is 8.49. The highest BCUT2D eigenvalue weighted by Gasteiger charge is 2.16. The molecule has 0 unspecified atom stereocenters. The Balaban J connectivity index is 3.07. The molecule has 0 aromatic heterocycles. The van der Waals surface area contributed by atoms with E-state index in [4.69, 9.17) is 11.6 Å². The number of nitrogens with zero attached hydrogens (tertiary/aromatic N) is 2. The first-order chi connectivity index (χ1) is 6.40. The molecule has 1 aromatic carbocycles. The monoisotopic (exact) mass is 212 g/mol. The van der Waals surface area contributed by atoms with Gasteiger partial charge in [0.1, 0.15) is 10.6 Å². The van der Waals surface area contributed by atoms with Crippen molar-refractivity contribution in [3.8, 4) is 0 Å². The van der Waals surface area contributed by atoms with Crippen LogP contribution in [0, 0.1) is 5.21 Å². The summed E-state index contributed by atoms with van der Waals surface area (Å²) >= 11 is 5.85. The van der Waals surface area contributed by atoms with Crippen LogP contribution in [0.1, 0.15) is 20.8 Å². The maximum atomic E-state index is 11.5. The topological polar surface area (TPSA) is 38.4 Å². The molecule has 76 valence electrons. The number of rotatable bonds is 1. The van der Waals surface area contributed by atoms with E-state index in [-0.39, 0.29) is 0 Å². The normalized spacial score (nSPS) is 13.0. The van der Waals surface area contributed by atoms with Crippen LogP contribution in [-0.4, -0.2) is 10.4 Å². The van der Waals surface area contributed by atoms with E-state index in [0.29, 0.717) is 15.6 Å². The first-order valence-corrected chi connectivity index (χ1v) is 4.72. The molecule has 0 aliphatic carbocycles. The van der Waals surface area contributed by atoms with Gasteiger partial charge in [-0.05, 0) is 32.0 Å². The third-order valence-corrected chi connectivity index (χ3v) is 1.77. The Morgan fingerprint density at radius 3 is 2.36 bits per heavy atom. The van der Waals surface area contributed by atoms with Crippen LogP contribution in [0.5, 0.6) is 0 Å². The van der Waals surface area contributed by atoms with Gasteiger partial charge in [-0.25, -0.2) is 0 Å². The zero-order valence-corrected chi connectivity index (χ0v) is 9.25. The Kier molecular flexibility index (Phi) is 3.11. The third kappa shape index (κ3) is 3.00. The molecule has 1 rings (SSSR count). The lowest BCUT2D eigenvalue weighted by Gasteiger charge is -2.09. The Morgan fingerprint density at radius 1 is 1.29 bits per heavy atom. The molecular weight excluding hydrogens is 200 g/mol. The maximum Gasteiger partial charge on any atom is 0.262 e. The molecule has 0 bridgehead atoms. The lowest BCUT2D eigenvalue weighted by molar-refractivity contribution is -0.449. The van der Waals surface area contributed by atoms with Gasteiger partial charge in [0, 0.05) is 6.07 Å². The molecule has 0 aliphatic rings. The van der Waals surface area contributed by atoms with Gasteiger partial charge in [0.2, 0.25) is 0 Å². The third-order valence-electron chi connectivity index (χ3n) is 1.45. The lowest BCUT2D eigenvalue weighted by atomic mass is 10.1. The van der Waals surface area contributed by atoms with Gasteiger partial charge in [0.25, 0.3) is 5.69 Å². The van der Waals surface area contributed by atoms with Gasteiger partial charge >= 0.3 is 0 Å². The molecule has 0 N–H and O–H groups in total. The van der Waals surface area contributed by atoms with E-state index in [2.05, 4.69) is 5.11 Å². The largest absolute Gasteiger partial charge is 0.594 e. The van der Waals surface area contributed by atoms with Gasteiger partial charge in [-0.1, -0.05) is 28.6 Å². The van der Waals surface area contributed by atoms with Gasteiger partial charge in [-0.3, -0.25) is 0 Å². The second-order valence-electron chi connectivity index (χ2n) is 4.00. The Labute approximate surface area is 88.6 Å². The van der Waals surface area contributed by atoms with Crippen molar-refractivity contribution in [1.29, 1.82) is 0 Å². The molecule has 4 heteroatoms. The molecule has 0 spiro atoms. The summed E-state index contributed by atoms with van der Waals surface area (Å²) in [6.07, 6.45) is 0. The van der Waals surface area contributed by atoms with Crippen molar-refractivity contribution in [3.05, 3.63) is 34.5 Å². The van der Waals surface area contributed by atoms with Crippen LogP contribution in [0.25, 0.3) is 0 Å². The Hall–Kier alpha value is -1.09. The quantitative estimate of drug-likeness (QED) is 0.397. The fraction of sp³-hybridized carbons (Fsp3) is 0.400. The van der Waals surface area contributed by atoms with Crippen molar-refractivity contribution in [2.24, 2.45) is 5.11 Å². The number of benzene rings is 1. The molecule has 14 heavy (non-hydrogen) atoms. The fourth-order valence-corrected chi connectivity index (χ4v) is 1.14. The molecule has 0 amide bonds. The Morgan fingerprint density at radius 2 is 1.86 bits per heavy atom. The SMILES string of the molecule is CC(C)(C)N=[N+]([O-])c1ccccc1Cl. The summed E-state index contributed by atoms with van der Waals surface area (Å²) in [6, 6.07) is 6.84. The van der Waals surface area contributed by atoms with Crippen molar-refractivity contribution in [1.82, 2.24) is 0 Å². The highest BCUT2D eigenvalue weighted by Crippen LogP contribution is 2.24. The van der Waals surface area contributed by atoms with Crippen molar-refractivity contribution >= 4 is 17.3 Å². The van der Waals surface area contributed by atoms with Crippen molar-refractivity contribution < 1.29 is 4.86 Å². The van der Waals surface area contributed by atoms with Crippen molar-refractivity contribution in [3.63, 3.8) is 0 Å². The molecular formula is C10H13ClN2O. The molecule has 0 fully saturated rings. The van der Waals surface area contributed by atoms with Gasteiger partial charge < -0.3 is 5.21 Å². The second kappa shape index (κ2) is 3.96. The number of para-hydroxylation sites is 1. The summed E-state index contributed by atoms with van der Waals surface area (Å²) in [4.78, 5) is 0.572. The van der Waals surface area contributed by atoms with Crippen LogP contribution in [0.4, 0.5) is 5.69 Å². The van der Waals surface area contributed by atoms with Crippen LogP contribution in [0.2, 0.25) is 5.02 Å². The summed E-state index contributed by atoms with van der Waals surface area (Å²) in [5, 5.41) is 15.9. The standard InChI is InChI=1S/C10H13ClN2O/c1-10(2,3)12-13(14)9-7-5-4-6-8(9)11/h4-7H,1-3H3. The molecule has 0 radical (unpaired) electrons. The number of azo groups is 1. The highest BCUT2D eigenvalue weighted by atomic mass is 35.5. The summed E-state index contributed by atoms with van der Waals surface area (Å²) in [5.41, 5.74) is -0.0231. The zero-order chi connectivity index (χ0) is 10.8. The predicted octanol–water partition coefficient (Wildman–Crippen LogP) is 3.73. The van der Waals surface area contributed by atoms with Crippen LogP contribution in [-0.2, 0) is 0 Å². The maximum absolute atomic E-state index is 11.5. The number of halogens is 1. The summed E-state index contributed by atoms with van der Waals surface area (Å²) < 4.78 is 0. The highest BCUT2D eigenvalue weighted by molar-refractivity contribution is 6.32. The van der Waals surface area contributed by atoms with E-state index < -0.39 is 5.54 Å². The van der Waals surface area contributed by atoms with Crippen LogP contribution in [0.3, 0.4) is 0 Å². The first kappa shape index (κ1) is 11.0. The molecule has 3 nitrogen and oxygen atoms in total. The summed E-state index contributed by atoms with van der Waals surface area (Å²) in [6.45, 7) is 5.57. The second-order valence-corrected chi connectivity index (χ2v) is 4.40. The predicted molar refractivity (Wildman–Crippen MR) is 56.9 cm³/mol. The summed E-state index contributed by atoms with van der Waals surface area (Å²) in [7, 11) is 0. The van der Waals surface area contributed by atoms with E-state index in [0.717, 1.165) is 0 Å². The molecule has 0 atom stereocenters. The minimum absolute atomic E-state index is 0.379. The molecule has 0 heterocycles. The van der Waals surface area contributed by atoms with E-state index in [1.54, 1.807) is 24.3 Å². The van der Waals surface area contributed by atoms with E-state index in [1.807, 2.05) is 20.8 Å². The van der Waals surface area contributed by atoms with Crippen molar-refractivity contribution in [2.45, 2.75) is 26.3 Å². The van der Waals surface area contributed by atoms with Gasteiger partial charge in [-0.2, -0.15) is 0 Å². The smallest absolute Gasteiger partial charge is 0.262 e. The van der Waals surface area contributed by atoms with Crippen LogP contribution in [0.15, 0.2) is 29.4 Å². The molecule has 1 aromatic rings. The number of hydrogen-bond acceptors (Lipinski definition) is 2. The average Bonchev–Trinajstić information content (AvgIpc) is 2.01. The van der Waals surface area contributed by atoms with Crippen molar-refractivity contribution in [2.75, 3.05) is 0 Å². The van der Waals surface area contributed by atoms with E-state index >= 15 is 0 Å². The van der Waals surface area contributed by atoms with Gasteiger partial charge in [-0.15, -0.1) is 0 Å². The lowest BCUT2D eigenvalue weighted by Crippen LogP contribution is -2.13. The average molecular weight is 213 g/mol. The molecule has 0 saturated heterocycles. The van der Waals surface area contributed by atoms with Gasteiger partial charge in [0.05, 0.1) is 0 Å². The first-order valence-electron chi connectivity index (χ1n) is 4.35. The van der Waals surface area contributed by atoms with Gasteiger partial charge in [0.15, 0.2) is 0 Å². The van der Waals surface area contributed by atoms with E-state index in [1.165, 1.54) is 0 Å². The summed E-state index contributed by atoms with van der Waals surface area (Å²) in [5.74, 6) is 0. The number of hydrogen-bond donors (Lipinski definition) is 0. The van der Waals surface area contributed by atoms with Crippen LogP contribution >= 0.6 is 11.6 Å². The van der Waals surface area contributed by atoms with E-state index in [9.17, 15) is 5.21 Å². The minimum Gasteiger partial charge on any atom is -0.594 e. The fourth-order valence-electron chi connectivity index (χ4n) is 0.933. The Bertz CT molecular complexity index is 355. The molecule has 0 saturated carbocycles.